The highest BCUT2D eigenvalue weighted by Gasteiger charge is 2.22. The van der Waals surface area contributed by atoms with Crippen LogP contribution in [0.4, 0.5) is 0 Å². The van der Waals surface area contributed by atoms with Gasteiger partial charge in [-0.05, 0) is 44.4 Å². The van der Waals surface area contributed by atoms with E-state index in [9.17, 15) is 0 Å². The highest BCUT2D eigenvalue weighted by Crippen LogP contribution is 2.23. The molecule has 3 heterocycles. The second-order valence-electron chi connectivity index (χ2n) is 5.93. The molecule has 5 nitrogen and oxygen atoms in total. The Kier molecular flexibility index (Phi) is 4.22. The molecule has 1 N–H and O–H groups in total. The summed E-state index contributed by atoms with van der Waals surface area (Å²) >= 11 is 0. The summed E-state index contributed by atoms with van der Waals surface area (Å²) in [5.74, 6) is 7.47. The van der Waals surface area contributed by atoms with Crippen LogP contribution in [0.1, 0.15) is 43.2 Å². The van der Waals surface area contributed by atoms with E-state index in [1.807, 2.05) is 12.1 Å². The molecule has 1 fully saturated rings. The number of pyridine rings is 1. The summed E-state index contributed by atoms with van der Waals surface area (Å²) in [7, 11) is 0. The molecule has 0 amide bonds. The Bertz CT molecular complexity index is 830. The van der Waals surface area contributed by atoms with Gasteiger partial charge >= 0.3 is 0 Å². The van der Waals surface area contributed by atoms with Gasteiger partial charge in [0.05, 0.1) is 6.04 Å². The van der Waals surface area contributed by atoms with Crippen molar-refractivity contribution >= 4 is 0 Å². The maximum absolute atomic E-state index is 5.35. The van der Waals surface area contributed by atoms with Crippen LogP contribution in [0.3, 0.4) is 0 Å². The molecule has 0 aromatic carbocycles. The van der Waals surface area contributed by atoms with E-state index in [2.05, 4.69) is 50.5 Å². The van der Waals surface area contributed by atoms with Crippen LogP contribution in [-0.4, -0.2) is 21.7 Å². The van der Waals surface area contributed by atoms with E-state index < -0.39 is 0 Å². The van der Waals surface area contributed by atoms with Gasteiger partial charge in [0, 0.05) is 17.3 Å². The van der Waals surface area contributed by atoms with Crippen LogP contribution in [0.15, 0.2) is 46.7 Å². The maximum Gasteiger partial charge on any atom is 0.244 e. The average Bonchev–Trinajstić information content (AvgIpc) is 3.33. The Morgan fingerprint density at radius 3 is 2.96 bits per heavy atom. The van der Waals surface area contributed by atoms with Crippen LogP contribution in [0, 0.1) is 11.8 Å². The maximum atomic E-state index is 5.35. The summed E-state index contributed by atoms with van der Waals surface area (Å²) in [5.41, 5.74) is 2.64. The summed E-state index contributed by atoms with van der Waals surface area (Å²) in [5, 5.41) is 7.39. The molecular weight excluding hydrogens is 300 g/mol. The van der Waals surface area contributed by atoms with Gasteiger partial charge in [-0.25, -0.2) is 0 Å². The molecule has 24 heavy (non-hydrogen) atoms. The predicted molar refractivity (Wildman–Crippen MR) is 90.8 cm³/mol. The van der Waals surface area contributed by atoms with Crippen LogP contribution >= 0.6 is 0 Å². The molecule has 1 aliphatic heterocycles. The zero-order valence-electron chi connectivity index (χ0n) is 13.3. The van der Waals surface area contributed by atoms with Crippen molar-refractivity contribution in [1.82, 2.24) is 20.4 Å². The Labute approximate surface area is 140 Å². The molecule has 1 unspecified atom stereocenters. The number of allylic oxidation sites excluding steroid dienone is 4. The van der Waals surface area contributed by atoms with Gasteiger partial charge in [-0.1, -0.05) is 35.2 Å². The van der Waals surface area contributed by atoms with Gasteiger partial charge in [-0.2, -0.15) is 4.98 Å². The van der Waals surface area contributed by atoms with Gasteiger partial charge in [0.15, 0.2) is 0 Å². The third-order valence-electron chi connectivity index (χ3n) is 4.14. The van der Waals surface area contributed by atoms with Gasteiger partial charge in [-0.3, -0.25) is 4.98 Å². The molecule has 2 aromatic rings. The molecule has 5 heteroatoms. The molecule has 2 aliphatic rings. The van der Waals surface area contributed by atoms with Crippen molar-refractivity contribution in [3.05, 3.63) is 53.6 Å². The van der Waals surface area contributed by atoms with Crippen molar-refractivity contribution in [2.24, 2.45) is 0 Å². The Morgan fingerprint density at radius 1 is 1.21 bits per heavy atom. The first-order valence-corrected chi connectivity index (χ1v) is 8.31. The third kappa shape index (κ3) is 3.29. The van der Waals surface area contributed by atoms with Crippen molar-refractivity contribution in [3.63, 3.8) is 0 Å². The topological polar surface area (TPSA) is 63.8 Å². The quantitative estimate of drug-likeness (QED) is 0.862. The fraction of sp³-hybridized carbons (Fsp3) is 0.316. The number of nitrogens with zero attached hydrogens (tertiary/aromatic N) is 3. The SMILES string of the molecule is C(#Cc1ccc(-c2noc(C3CCCN3)n2)nc1)C1=CCCC=C1. The standard InChI is InChI=1S/C19H18N4O/c1-2-5-14(6-3-1)8-9-15-10-11-16(21-13-15)18-22-19(24-23-18)17-7-4-12-20-17/h2,5-6,10-11,13,17,20H,1,3-4,7,12H2. The minimum atomic E-state index is 0.174. The highest BCUT2D eigenvalue weighted by atomic mass is 16.5. The van der Waals surface area contributed by atoms with E-state index in [-0.39, 0.29) is 6.04 Å². The lowest BCUT2D eigenvalue weighted by Gasteiger charge is -2.01. The molecule has 0 spiro atoms. The first-order chi connectivity index (χ1) is 11.9. The first kappa shape index (κ1) is 14.9. The smallest absolute Gasteiger partial charge is 0.244 e. The summed E-state index contributed by atoms with van der Waals surface area (Å²) in [6.07, 6.45) is 12.5. The number of hydrogen-bond acceptors (Lipinski definition) is 5. The largest absolute Gasteiger partial charge is 0.337 e. The van der Waals surface area contributed by atoms with E-state index in [0.717, 1.165) is 43.4 Å². The second-order valence-corrected chi connectivity index (χ2v) is 5.93. The summed E-state index contributed by atoms with van der Waals surface area (Å²) < 4.78 is 5.35. The van der Waals surface area contributed by atoms with Gasteiger partial charge < -0.3 is 9.84 Å². The molecule has 0 radical (unpaired) electrons. The number of nitrogens with one attached hydrogen (secondary N) is 1. The third-order valence-corrected chi connectivity index (χ3v) is 4.14. The monoisotopic (exact) mass is 318 g/mol. The molecule has 120 valence electrons. The normalized spacial score (nSPS) is 19.7. The van der Waals surface area contributed by atoms with E-state index in [0.29, 0.717) is 17.4 Å². The van der Waals surface area contributed by atoms with Crippen LogP contribution in [0.5, 0.6) is 0 Å². The van der Waals surface area contributed by atoms with Crippen LogP contribution in [0.25, 0.3) is 11.5 Å². The van der Waals surface area contributed by atoms with Crippen molar-refractivity contribution < 1.29 is 4.52 Å². The fourth-order valence-electron chi connectivity index (χ4n) is 2.83. The first-order valence-electron chi connectivity index (χ1n) is 8.31. The highest BCUT2D eigenvalue weighted by molar-refractivity contribution is 5.51. The number of rotatable bonds is 2. The molecule has 2 aromatic heterocycles. The van der Waals surface area contributed by atoms with Crippen molar-refractivity contribution in [2.75, 3.05) is 6.54 Å². The van der Waals surface area contributed by atoms with Gasteiger partial charge in [0.1, 0.15) is 5.69 Å². The van der Waals surface area contributed by atoms with Crippen molar-refractivity contribution in [3.8, 4) is 23.4 Å². The number of hydrogen-bond donors (Lipinski definition) is 1. The van der Waals surface area contributed by atoms with Crippen LogP contribution < -0.4 is 5.32 Å². The lowest BCUT2D eigenvalue weighted by Crippen LogP contribution is -2.12. The molecule has 1 aliphatic carbocycles. The fourth-order valence-corrected chi connectivity index (χ4v) is 2.83. The minimum absolute atomic E-state index is 0.174. The zero-order chi connectivity index (χ0) is 16.2. The average molecular weight is 318 g/mol. The van der Waals surface area contributed by atoms with E-state index in [4.69, 9.17) is 4.52 Å². The summed E-state index contributed by atoms with van der Waals surface area (Å²) in [6, 6.07) is 3.99. The molecule has 0 bridgehead atoms. The minimum Gasteiger partial charge on any atom is -0.337 e. The van der Waals surface area contributed by atoms with Crippen molar-refractivity contribution in [2.45, 2.75) is 31.7 Å². The van der Waals surface area contributed by atoms with Gasteiger partial charge in [0.2, 0.25) is 11.7 Å². The van der Waals surface area contributed by atoms with Gasteiger partial charge in [0.25, 0.3) is 0 Å². The summed E-state index contributed by atoms with van der Waals surface area (Å²) in [6.45, 7) is 1.000. The van der Waals surface area contributed by atoms with Crippen LogP contribution in [0.2, 0.25) is 0 Å². The summed E-state index contributed by atoms with van der Waals surface area (Å²) in [4.78, 5) is 8.86. The molecule has 1 saturated heterocycles. The van der Waals surface area contributed by atoms with Gasteiger partial charge in [-0.15, -0.1) is 0 Å². The number of aromatic nitrogens is 3. The Morgan fingerprint density at radius 2 is 2.21 bits per heavy atom. The van der Waals surface area contributed by atoms with Crippen LogP contribution in [-0.2, 0) is 0 Å². The molecule has 0 saturated carbocycles. The van der Waals surface area contributed by atoms with E-state index in [1.54, 1.807) is 6.20 Å². The van der Waals surface area contributed by atoms with Crippen molar-refractivity contribution in [1.29, 1.82) is 0 Å². The Balaban J connectivity index is 1.48. The lowest BCUT2D eigenvalue weighted by molar-refractivity contribution is 0.345. The second kappa shape index (κ2) is 6.81. The van der Waals surface area contributed by atoms with E-state index in [1.165, 1.54) is 0 Å². The molecular formula is C19H18N4O. The molecule has 4 rings (SSSR count). The molecule has 1 atom stereocenters. The lowest BCUT2D eigenvalue weighted by atomic mass is 10.1. The zero-order valence-corrected chi connectivity index (χ0v) is 13.3. The Hall–Kier alpha value is -2.71. The predicted octanol–water partition coefficient (Wildman–Crippen LogP) is 3.18. The van der Waals surface area contributed by atoms with E-state index >= 15 is 0 Å².